The maximum atomic E-state index is 13.7. The van der Waals surface area contributed by atoms with Crippen LogP contribution in [0.4, 0.5) is 27.5 Å². The number of hydrogen-bond donors (Lipinski definition) is 2. The van der Waals surface area contributed by atoms with Crippen LogP contribution < -0.4 is 20.7 Å². The number of para-hydroxylation sites is 1. The van der Waals surface area contributed by atoms with Crippen molar-refractivity contribution in [1.29, 1.82) is 0 Å². The lowest BCUT2D eigenvalue weighted by Crippen LogP contribution is -2.11. The Bertz CT molecular complexity index is 1110. The highest BCUT2D eigenvalue weighted by molar-refractivity contribution is 9.10. The average Bonchev–Trinajstić information content (AvgIpc) is 2.67. The number of rotatable bonds is 6. The van der Waals surface area contributed by atoms with E-state index in [1.807, 2.05) is 12.1 Å². The van der Waals surface area contributed by atoms with Crippen LogP contribution in [-0.2, 0) is 4.57 Å². The van der Waals surface area contributed by atoms with Gasteiger partial charge in [0.15, 0.2) is 11.6 Å². The Labute approximate surface area is 181 Å². The van der Waals surface area contributed by atoms with Crippen molar-refractivity contribution in [3.8, 4) is 5.75 Å². The lowest BCUT2D eigenvalue weighted by molar-refractivity contribution is 0.410. The van der Waals surface area contributed by atoms with Crippen molar-refractivity contribution in [3.63, 3.8) is 0 Å². The topological polar surface area (TPSA) is 76.1 Å². The van der Waals surface area contributed by atoms with Crippen LogP contribution >= 0.6 is 34.7 Å². The van der Waals surface area contributed by atoms with Gasteiger partial charge in [-0.25, -0.2) is 9.37 Å². The molecule has 0 aliphatic carbocycles. The van der Waals surface area contributed by atoms with Crippen LogP contribution in [0.15, 0.2) is 47.1 Å². The van der Waals surface area contributed by atoms with Gasteiger partial charge in [-0.1, -0.05) is 23.7 Å². The molecule has 2 N–H and O–H groups in total. The molecule has 0 bridgehead atoms. The Kier molecular flexibility index (Phi) is 6.46. The standard InChI is InChI=1S/C19H18BrClFN4O2P/c1-28-17-14(9-8-12(22)16(17)20)25-19-23-10-11(21)18(26-19)24-13-6-4-5-7-15(13)29(2,3)27/h4-10H,1-3H3,(H2,23,24,25,26). The third-order valence-corrected chi connectivity index (χ3v) is 6.55. The van der Waals surface area contributed by atoms with Crippen LogP contribution in [-0.4, -0.2) is 30.4 Å². The summed E-state index contributed by atoms with van der Waals surface area (Å²) in [4.78, 5) is 8.55. The minimum Gasteiger partial charge on any atom is -0.493 e. The molecule has 0 fully saturated rings. The third kappa shape index (κ3) is 4.89. The van der Waals surface area contributed by atoms with Gasteiger partial charge in [-0.15, -0.1) is 0 Å². The highest BCUT2D eigenvalue weighted by Crippen LogP contribution is 2.39. The summed E-state index contributed by atoms with van der Waals surface area (Å²) in [7, 11) is -1.08. The number of benzene rings is 2. The number of methoxy groups -OCH3 is 1. The molecule has 0 aliphatic heterocycles. The Hall–Kier alpha value is -2.15. The smallest absolute Gasteiger partial charge is 0.229 e. The minimum atomic E-state index is -2.52. The molecule has 0 amide bonds. The zero-order valence-electron chi connectivity index (χ0n) is 15.8. The highest BCUT2D eigenvalue weighted by atomic mass is 79.9. The van der Waals surface area contributed by atoms with Gasteiger partial charge in [0.25, 0.3) is 0 Å². The maximum Gasteiger partial charge on any atom is 0.229 e. The van der Waals surface area contributed by atoms with Crippen LogP contribution in [0.5, 0.6) is 5.75 Å². The molecule has 29 heavy (non-hydrogen) atoms. The first kappa shape index (κ1) is 21.6. The predicted molar refractivity (Wildman–Crippen MR) is 120 cm³/mol. The minimum absolute atomic E-state index is 0.188. The van der Waals surface area contributed by atoms with E-state index in [0.717, 1.165) is 0 Å². The van der Waals surface area contributed by atoms with Crippen molar-refractivity contribution >= 4 is 63.1 Å². The molecule has 0 saturated heterocycles. The molecule has 10 heteroatoms. The van der Waals surface area contributed by atoms with E-state index < -0.39 is 13.0 Å². The summed E-state index contributed by atoms with van der Waals surface area (Å²) in [5.74, 6) is 0.390. The normalized spacial score (nSPS) is 11.2. The van der Waals surface area contributed by atoms with Crippen LogP contribution in [0.1, 0.15) is 0 Å². The number of hydrogen-bond acceptors (Lipinski definition) is 6. The molecule has 0 saturated carbocycles. The molecule has 0 spiro atoms. The predicted octanol–water partition coefficient (Wildman–Crippen LogP) is 5.78. The summed E-state index contributed by atoms with van der Waals surface area (Å²) < 4.78 is 31.8. The maximum absolute atomic E-state index is 13.7. The summed E-state index contributed by atoms with van der Waals surface area (Å²) >= 11 is 9.41. The van der Waals surface area contributed by atoms with E-state index in [1.165, 1.54) is 25.4 Å². The summed E-state index contributed by atoms with van der Waals surface area (Å²) in [5, 5.41) is 7.10. The lowest BCUT2D eigenvalue weighted by atomic mass is 10.3. The van der Waals surface area contributed by atoms with Gasteiger partial charge in [-0.2, -0.15) is 4.98 Å². The summed E-state index contributed by atoms with van der Waals surface area (Å²) in [6.07, 6.45) is 1.43. The van der Waals surface area contributed by atoms with E-state index in [2.05, 4.69) is 36.5 Å². The number of anilines is 4. The summed E-state index contributed by atoms with van der Waals surface area (Å²) in [5.41, 5.74) is 1.12. The summed E-state index contributed by atoms with van der Waals surface area (Å²) in [6, 6.07) is 10.1. The SMILES string of the molecule is COc1c(Nc2ncc(Cl)c(Nc3ccccc3P(C)(C)=O)n2)ccc(F)c1Br. The zero-order valence-corrected chi connectivity index (χ0v) is 19.1. The molecule has 0 radical (unpaired) electrons. The van der Waals surface area contributed by atoms with Gasteiger partial charge in [-0.05, 0) is 53.5 Å². The van der Waals surface area contributed by atoms with Crippen LogP contribution in [0.3, 0.4) is 0 Å². The first-order valence-electron chi connectivity index (χ1n) is 8.44. The first-order chi connectivity index (χ1) is 13.7. The number of ether oxygens (including phenoxy) is 1. The molecule has 152 valence electrons. The molecular formula is C19H18BrClFN4O2P. The van der Waals surface area contributed by atoms with E-state index >= 15 is 0 Å². The Morgan fingerprint density at radius 3 is 2.55 bits per heavy atom. The Morgan fingerprint density at radius 2 is 1.86 bits per heavy atom. The lowest BCUT2D eigenvalue weighted by Gasteiger charge is -2.16. The fourth-order valence-electron chi connectivity index (χ4n) is 2.64. The molecule has 0 aliphatic rings. The number of aromatic nitrogens is 2. The van der Waals surface area contributed by atoms with Crippen molar-refractivity contribution in [2.24, 2.45) is 0 Å². The van der Waals surface area contributed by atoms with Crippen molar-refractivity contribution in [3.05, 3.63) is 57.9 Å². The molecular weight excluding hydrogens is 482 g/mol. The zero-order chi connectivity index (χ0) is 21.2. The highest BCUT2D eigenvalue weighted by Gasteiger charge is 2.18. The van der Waals surface area contributed by atoms with E-state index in [4.69, 9.17) is 16.3 Å². The molecule has 3 aromatic rings. The molecule has 2 aromatic carbocycles. The van der Waals surface area contributed by atoms with Gasteiger partial charge < -0.3 is 19.9 Å². The second-order valence-electron chi connectivity index (χ2n) is 6.45. The fourth-order valence-corrected chi connectivity index (χ4v) is 4.44. The van der Waals surface area contributed by atoms with Gasteiger partial charge in [-0.3, -0.25) is 0 Å². The van der Waals surface area contributed by atoms with Crippen molar-refractivity contribution in [2.75, 3.05) is 31.1 Å². The number of nitrogens with zero attached hydrogens (tertiary/aromatic N) is 2. The quantitative estimate of drug-likeness (QED) is 0.419. The van der Waals surface area contributed by atoms with Gasteiger partial charge in [0.05, 0.1) is 29.2 Å². The molecule has 1 aromatic heterocycles. The van der Waals surface area contributed by atoms with Gasteiger partial charge in [0, 0.05) is 5.30 Å². The van der Waals surface area contributed by atoms with E-state index in [1.54, 1.807) is 25.5 Å². The number of nitrogens with one attached hydrogen (secondary N) is 2. The van der Waals surface area contributed by atoms with Crippen molar-refractivity contribution in [1.82, 2.24) is 9.97 Å². The average molecular weight is 500 g/mol. The molecule has 0 unspecified atom stereocenters. The fraction of sp³-hybridized carbons (Fsp3) is 0.158. The molecule has 6 nitrogen and oxygen atoms in total. The van der Waals surface area contributed by atoms with Crippen LogP contribution in [0, 0.1) is 5.82 Å². The van der Waals surface area contributed by atoms with Gasteiger partial charge in [0.2, 0.25) is 5.95 Å². The van der Waals surface area contributed by atoms with Crippen LogP contribution in [0.25, 0.3) is 0 Å². The Balaban J connectivity index is 1.95. The molecule has 0 atom stereocenters. The number of halogens is 3. The second kappa shape index (κ2) is 8.69. The van der Waals surface area contributed by atoms with Crippen molar-refractivity contribution in [2.45, 2.75) is 0 Å². The van der Waals surface area contributed by atoms with E-state index in [9.17, 15) is 8.96 Å². The van der Waals surface area contributed by atoms with E-state index in [-0.39, 0.29) is 16.2 Å². The largest absolute Gasteiger partial charge is 0.493 e. The first-order valence-corrected chi connectivity index (χ1v) is 12.2. The third-order valence-electron chi connectivity index (χ3n) is 3.98. The van der Waals surface area contributed by atoms with Crippen molar-refractivity contribution < 1.29 is 13.7 Å². The molecule has 3 rings (SSSR count). The van der Waals surface area contributed by atoms with E-state index in [0.29, 0.717) is 27.5 Å². The Morgan fingerprint density at radius 1 is 1.14 bits per heavy atom. The van der Waals surface area contributed by atoms with Gasteiger partial charge >= 0.3 is 0 Å². The van der Waals surface area contributed by atoms with Crippen LogP contribution in [0.2, 0.25) is 5.02 Å². The second-order valence-corrected chi connectivity index (χ2v) is 10.8. The summed E-state index contributed by atoms with van der Waals surface area (Å²) in [6.45, 7) is 3.39. The van der Waals surface area contributed by atoms with Gasteiger partial charge in [0.1, 0.15) is 18.0 Å². The monoisotopic (exact) mass is 498 g/mol. The molecule has 1 heterocycles.